The molecule has 6 nitrogen and oxygen atoms in total. The number of aliphatic hydroxyl groups excluding tert-OH is 1. The SMILES string of the molecule is Cc1c(C(=O)Nc2cccc(C(C)O)c2)nnn1-c1ccccc1Cl. The maximum absolute atomic E-state index is 12.5. The number of carbonyl (C=O) groups is 1. The van der Waals surface area contributed by atoms with Crippen molar-refractivity contribution in [3.8, 4) is 5.69 Å². The fraction of sp³-hybridized carbons (Fsp3) is 0.167. The number of hydrogen-bond donors (Lipinski definition) is 2. The van der Waals surface area contributed by atoms with E-state index in [1.165, 1.54) is 4.68 Å². The Morgan fingerprint density at radius 3 is 2.72 bits per heavy atom. The molecule has 3 rings (SSSR count). The number of halogens is 1. The number of carbonyl (C=O) groups excluding carboxylic acids is 1. The van der Waals surface area contributed by atoms with E-state index in [0.717, 1.165) is 0 Å². The maximum Gasteiger partial charge on any atom is 0.278 e. The molecule has 1 heterocycles. The molecular formula is C18H17ClN4O2. The molecule has 0 saturated carbocycles. The molecular weight excluding hydrogens is 340 g/mol. The van der Waals surface area contributed by atoms with Crippen LogP contribution in [0.2, 0.25) is 5.02 Å². The molecule has 7 heteroatoms. The van der Waals surface area contributed by atoms with Crippen LogP contribution in [-0.4, -0.2) is 26.0 Å². The summed E-state index contributed by atoms with van der Waals surface area (Å²) in [4.78, 5) is 12.5. The van der Waals surface area contributed by atoms with Crippen molar-refractivity contribution in [1.29, 1.82) is 0 Å². The highest BCUT2D eigenvalue weighted by Gasteiger charge is 2.18. The average molecular weight is 357 g/mol. The zero-order valence-corrected chi connectivity index (χ0v) is 14.5. The summed E-state index contributed by atoms with van der Waals surface area (Å²) in [5.74, 6) is -0.376. The number of nitrogens with zero attached hydrogens (tertiary/aromatic N) is 3. The standard InChI is InChI=1S/C18H17ClN4O2/c1-11-17(21-22-23(11)16-9-4-3-8-15(16)19)18(25)20-14-7-5-6-13(10-14)12(2)24/h3-10,12,24H,1-2H3,(H,20,25). The highest BCUT2D eigenvalue weighted by Crippen LogP contribution is 2.22. The van der Waals surface area contributed by atoms with Gasteiger partial charge >= 0.3 is 0 Å². The highest BCUT2D eigenvalue weighted by molar-refractivity contribution is 6.32. The molecule has 1 amide bonds. The molecule has 0 aliphatic rings. The Hall–Kier alpha value is -2.70. The molecule has 128 valence electrons. The van der Waals surface area contributed by atoms with Gasteiger partial charge in [-0.05, 0) is 43.7 Å². The van der Waals surface area contributed by atoms with Gasteiger partial charge in [-0.1, -0.05) is 41.1 Å². The Morgan fingerprint density at radius 2 is 2.00 bits per heavy atom. The lowest BCUT2D eigenvalue weighted by molar-refractivity contribution is 0.102. The Bertz CT molecular complexity index is 921. The fourth-order valence-corrected chi connectivity index (χ4v) is 2.67. The molecule has 0 spiro atoms. The Kier molecular flexibility index (Phi) is 4.83. The van der Waals surface area contributed by atoms with Gasteiger partial charge in [0, 0.05) is 5.69 Å². The van der Waals surface area contributed by atoms with Crippen molar-refractivity contribution < 1.29 is 9.90 Å². The van der Waals surface area contributed by atoms with Crippen molar-refractivity contribution >= 4 is 23.2 Å². The minimum Gasteiger partial charge on any atom is -0.389 e. The summed E-state index contributed by atoms with van der Waals surface area (Å²) >= 11 is 6.18. The molecule has 0 aliphatic carbocycles. The number of aliphatic hydroxyl groups is 1. The summed E-state index contributed by atoms with van der Waals surface area (Å²) in [7, 11) is 0. The summed E-state index contributed by atoms with van der Waals surface area (Å²) in [5.41, 5.74) is 2.74. The minimum atomic E-state index is -0.611. The number of amides is 1. The Balaban J connectivity index is 1.87. The second kappa shape index (κ2) is 7.04. The molecule has 0 radical (unpaired) electrons. The van der Waals surface area contributed by atoms with E-state index >= 15 is 0 Å². The molecule has 2 aromatic carbocycles. The first-order chi connectivity index (χ1) is 12.0. The monoisotopic (exact) mass is 356 g/mol. The minimum absolute atomic E-state index is 0.211. The van der Waals surface area contributed by atoms with E-state index in [1.807, 2.05) is 12.1 Å². The lowest BCUT2D eigenvalue weighted by Crippen LogP contribution is -2.14. The van der Waals surface area contributed by atoms with Crippen molar-refractivity contribution in [2.45, 2.75) is 20.0 Å². The van der Waals surface area contributed by atoms with Crippen LogP contribution >= 0.6 is 11.6 Å². The zero-order valence-electron chi connectivity index (χ0n) is 13.8. The second-order valence-corrected chi connectivity index (χ2v) is 6.05. The molecule has 0 fully saturated rings. The van der Waals surface area contributed by atoms with Crippen LogP contribution in [0.1, 0.15) is 34.8 Å². The summed E-state index contributed by atoms with van der Waals surface area (Å²) in [6.45, 7) is 3.42. The van der Waals surface area contributed by atoms with E-state index in [1.54, 1.807) is 50.2 Å². The summed E-state index contributed by atoms with van der Waals surface area (Å²) in [5, 5.41) is 21.0. The third kappa shape index (κ3) is 3.55. The number of anilines is 1. The van der Waals surface area contributed by atoms with Crippen molar-refractivity contribution in [2.75, 3.05) is 5.32 Å². The molecule has 1 unspecified atom stereocenters. The van der Waals surface area contributed by atoms with Gasteiger partial charge in [0.15, 0.2) is 5.69 Å². The lowest BCUT2D eigenvalue weighted by Gasteiger charge is -2.09. The predicted molar refractivity (Wildman–Crippen MR) is 96.1 cm³/mol. The highest BCUT2D eigenvalue weighted by atomic mass is 35.5. The van der Waals surface area contributed by atoms with E-state index in [-0.39, 0.29) is 11.6 Å². The number of nitrogens with one attached hydrogen (secondary N) is 1. The van der Waals surface area contributed by atoms with Crippen molar-refractivity contribution in [2.24, 2.45) is 0 Å². The van der Waals surface area contributed by atoms with Gasteiger partial charge in [0.2, 0.25) is 0 Å². The number of hydrogen-bond acceptors (Lipinski definition) is 4. The first-order valence-corrected chi connectivity index (χ1v) is 8.11. The summed E-state index contributed by atoms with van der Waals surface area (Å²) < 4.78 is 1.53. The van der Waals surface area contributed by atoms with Crippen LogP contribution in [0.25, 0.3) is 5.69 Å². The van der Waals surface area contributed by atoms with Crippen LogP contribution < -0.4 is 5.32 Å². The van der Waals surface area contributed by atoms with E-state index in [2.05, 4.69) is 15.6 Å². The normalized spacial score (nSPS) is 12.0. The molecule has 0 bridgehead atoms. The number of benzene rings is 2. The quantitative estimate of drug-likeness (QED) is 0.749. The van der Waals surface area contributed by atoms with Gasteiger partial charge in [-0.25, -0.2) is 4.68 Å². The molecule has 1 aromatic heterocycles. The number of para-hydroxylation sites is 1. The van der Waals surface area contributed by atoms with Gasteiger partial charge in [-0.2, -0.15) is 0 Å². The van der Waals surface area contributed by atoms with Crippen molar-refractivity contribution in [3.05, 3.63) is 70.5 Å². The first-order valence-electron chi connectivity index (χ1n) is 7.74. The van der Waals surface area contributed by atoms with Crippen LogP contribution in [-0.2, 0) is 0 Å². The van der Waals surface area contributed by atoms with E-state index in [0.29, 0.717) is 27.7 Å². The number of aromatic nitrogens is 3. The third-order valence-corrected chi connectivity index (χ3v) is 4.14. The zero-order chi connectivity index (χ0) is 18.0. The Labute approximate surface area is 150 Å². The van der Waals surface area contributed by atoms with Crippen LogP contribution in [0.5, 0.6) is 0 Å². The topological polar surface area (TPSA) is 80.0 Å². The van der Waals surface area contributed by atoms with E-state index in [4.69, 9.17) is 11.6 Å². The van der Waals surface area contributed by atoms with E-state index < -0.39 is 6.10 Å². The maximum atomic E-state index is 12.5. The van der Waals surface area contributed by atoms with Crippen LogP contribution in [0.4, 0.5) is 5.69 Å². The van der Waals surface area contributed by atoms with Gasteiger partial charge < -0.3 is 10.4 Å². The van der Waals surface area contributed by atoms with Gasteiger partial charge in [0.05, 0.1) is 22.5 Å². The van der Waals surface area contributed by atoms with E-state index in [9.17, 15) is 9.90 Å². The fourth-order valence-electron chi connectivity index (χ4n) is 2.46. The molecule has 1 atom stereocenters. The van der Waals surface area contributed by atoms with Gasteiger partial charge in [-0.3, -0.25) is 4.79 Å². The Morgan fingerprint density at radius 1 is 1.24 bits per heavy atom. The van der Waals surface area contributed by atoms with Gasteiger partial charge in [0.1, 0.15) is 0 Å². The smallest absolute Gasteiger partial charge is 0.278 e. The number of rotatable bonds is 4. The largest absolute Gasteiger partial charge is 0.389 e. The summed E-state index contributed by atoms with van der Waals surface area (Å²) in [6.07, 6.45) is -0.611. The van der Waals surface area contributed by atoms with Crippen molar-refractivity contribution in [3.63, 3.8) is 0 Å². The van der Waals surface area contributed by atoms with Crippen LogP contribution in [0, 0.1) is 6.92 Å². The van der Waals surface area contributed by atoms with Gasteiger partial charge in [0.25, 0.3) is 5.91 Å². The molecule has 0 saturated heterocycles. The lowest BCUT2D eigenvalue weighted by atomic mass is 10.1. The van der Waals surface area contributed by atoms with Crippen LogP contribution in [0.3, 0.4) is 0 Å². The second-order valence-electron chi connectivity index (χ2n) is 5.64. The van der Waals surface area contributed by atoms with Crippen LogP contribution in [0.15, 0.2) is 48.5 Å². The summed E-state index contributed by atoms with van der Waals surface area (Å²) in [6, 6.07) is 14.2. The molecule has 25 heavy (non-hydrogen) atoms. The predicted octanol–water partition coefficient (Wildman–Crippen LogP) is 3.53. The first kappa shape index (κ1) is 17.1. The van der Waals surface area contributed by atoms with Crippen molar-refractivity contribution in [1.82, 2.24) is 15.0 Å². The van der Waals surface area contributed by atoms with Gasteiger partial charge in [-0.15, -0.1) is 5.10 Å². The molecule has 2 N–H and O–H groups in total. The third-order valence-electron chi connectivity index (χ3n) is 3.82. The molecule has 0 aliphatic heterocycles. The molecule has 3 aromatic rings. The average Bonchev–Trinajstić information content (AvgIpc) is 2.97.